The zero-order valence-electron chi connectivity index (χ0n) is 22.4. The summed E-state index contributed by atoms with van der Waals surface area (Å²) in [7, 11) is 1.67. The molecule has 0 aromatic heterocycles. The summed E-state index contributed by atoms with van der Waals surface area (Å²) in [6.07, 6.45) is 4.17. The zero-order chi connectivity index (χ0) is 27.5. The van der Waals surface area contributed by atoms with E-state index in [2.05, 4.69) is 27.5 Å². The van der Waals surface area contributed by atoms with Crippen LogP contribution < -0.4 is 9.47 Å². The minimum absolute atomic E-state index is 0.105. The first kappa shape index (κ1) is 27.8. The van der Waals surface area contributed by atoms with E-state index in [9.17, 15) is 14.0 Å². The number of Topliss-reactive ketones (excluding diaryl/α,β-unsaturated/α-hetero) is 2. The fourth-order valence-electron chi connectivity index (χ4n) is 5.94. The van der Waals surface area contributed by atoms with Gasteiger partial charge in [-0.05, 0) is 90.6 Å². The van der Waals surface area contributed by atoms with Gasteiger partial charge in [0.25, 0.3) is 0 Å². The standard InChI is InChI=1S/C31H33FINO5/c1-3-38-27-17-20(16-22(33)31(27)39-18-19-7-4-8-21(32)15-19)28-29-23(9-5-11-25(29)35)34(13-14-37-2)24-10-6-12-26(36)30(24)28/h4,7-8,15-17,28H,3,5-6,9-14,18H2,1-2H3. The lowest BCUT2D eigenvalue weighted by molar-refractivity contribution is -0.117. The Morgan fingerprint density at radius 1 is 0.974 bits per heavy atom. The van der Waals surface area contributed by atoms with Gasteiger partial charge < -0.3 is 19.1 Å². The number of hydrogen-bond donors (Lipinski definition) is 0. The van der Waals surface area contributed by atoms with Gasteiger partial charge in [0.15, 0.2) is 23.1 Å². The Labute approximate surface area is 242 Å². The predicted molar refractivity (Wildman–Crippen MR) is 154 cm³/mol. The van der Waals surface area contributed by atoms with Gasteiger partial charge in [0, 0.05) is 55.0 Å². The van der Waals surface area contributed by atoms with E-state index >= 15 is 0 Å². The van der Waals surface area contributed by atoms with Crippen LogP contribution in [0.4, 0.5) is 4.39 Å². The highest BCUT2D eigenvalue weighted by molar-refractivity contribution is 14.1. The molecule has 0 amide bonds. The molecule has 2 aromatic rings. The number of allylic oxidation sites excluding steroid dienone is 4. The third kappa shape index (κ3) is 5.63. The Kier molecular flexibility index (Phi) is 8.71. The van der Waals surface area contributed by atoms with Crippen LogP contribution in [0.15, 0.2) is 58.9 Å². The van der Waals surface area contributed by atoms with E-state index < -0.39 is 5.92 Å². The Morgan fingerprint density at radius 3 is 2.28 bits per heavy atom. The maximum atomic E-state index is 13.7. The lowest BCUT2D eigenvalue weighted by Crippen LogP contribution is -2.40. The van der Waals surface area contributed by atoms with Crippen molar-refractivity contribution in [2.45, 2.75) is 58.0 Å². The molecule has 39 heavy (non-hydrogen) atoms. The van der Waals surface area contributed by atoms with Gasteiger partial charge in [0.1, 0.15) is 12.4 Å². The number of rotatable bonds is 9. The third-order valence-corrected chi connectivity index (χ3v) is 8.34. The van der Waals surface area contributed by atoms with Crippen LogP contribution >= 0.6 is 22.6 Å². The Balaban J connectivity index is 1.60. The smallest absolute Gasteiger partial charge is 0.174 e. The second-order valence-electron chi connectivity index (χ2n) is 10.0. The molecular weight excluding hydrogens is 612 g/mol. The summed E-state index contributed by atoms with van der Waals surface area (Å²) < 4.78 is 32.1. The molecule has 1 aliphatic heterocycles. The molecule has 0 bridgehead atoms. The van der Waals surface area contributed by atoms with Gasteiger partial charge in [-0.15, -0.1) is 0 Å². The third-order valence-electron chi connectivity index (χ3n) is 7.54. The molecule has 0 saturated heterocycles. The minimum Gasteiger partial charge on any atom is -0.490 e. The molecule has 0 atom stereocenters. The van der Waals surface area contributed by atoms with E-state index in [1.807, 2.05) is 25.1 Å². The highest BCUT2D eigenvalue weighted by Crippen LogP contribution is 2.50. The van der Waals surface area contributed by atoms with Crippen molar-refractivity contribution in [3.05, 3.63) is 79.5 Å². The summed E-state index contributed by atoms with van der Waals surface area (Å²) in [5, 5.41) is 0. The molecular formula is C31H33FINO5. The van der Waals surface area contributed by atoms with Crippen LogP contribution in [0.3, 0.4) is 0 Å². The van der Waals surface area contributed by atoms with Crippen molar-refractivity contribution in [3.8, 4) is 11.5 Å². The van der Waals surface area contributed by atoms with E-state index in [4.69, 9.17) is 14.2 Å². The first-order valence-electron chi connectivity index (χ1n) is 13.5. The average molecular weight is 646 g/mol. The fourth-order valence-corrected chi connectivity index (χ4v) is 6.72. The second-order valence-corrected chi connectivity index (χ2v) is 11.2. The Morgan fingerprint density at radius 2 is 1.67 bits per heavy atom. The number of benzene rings is 2. The van der Waals surface area contributed by atoms with Gasteiger partial charge in [-0.3, -0.25) is 9.59 Å². The number of halogens is 2. The van der Waals surface area contributed by atoms with Crippen molar-refractivity contribution < 1.29 is 28.2 Å². The summed E-state index contributed by atoms with van der Waals surface area (Å²) in [6.45, 7) is 3.65. The van der Waals surface area contributed by atoms with Crippen LogP contribution in [0.2, 0.25) is 0 Å². The van der Waals surface area contributed by atoms with Crippen molar-refractivity contribution in [1.82, 2.24) is 4.90 Å². The number of hydrogen-bond acceptors (Lipinski definition) is 6. The molecule has 0 fully saturated rings. The van der Waals surface area contributed by atoms with Crippen LogP contribution in [0.5, 0.6) is 11.5 Å². The number of nitrogens with zero attached hydrogens (tertiary/aromatic N) is 1. The van der Waals surface area contributed by atoms with Gasteiger partial charge in [-0.25, -0.2) is 4.39 Å². The van der Waals surface area contributed by atoms with Crippen molar-refractivity contribution in [2.24, 2.45) is 0 Å². The quantitative estimate of drug-likeness (QED) is 0.292. The summed E-state index contributed by atoms with van der Waals surface area (Å²) in [5.74, 6) is 0.579. The maximum absolute atomic E-state index is 13.7. The van der Waals surface area contributed by atoms with E-state index in [0.29, 0.717) is 49.7 Å². The summed E-state index contributed by atoms with van der Waals surface area (Å²) in [6, 6.07) is 10.2. The molecule has 2 aliphatic carbocycles. The largest absolute Gasteiger partial charge is 0.490 e. The molecule has 2 aromatic carbocycles. The number of ketones is 2. The molecule has 0 spiro atoms. The first-order chi connectivity index (χ1) is 18.9. The maximum Gasteiger partial charge on any atom is 0.174 e. The van der Waals surface area contributed by atoms with E-state index in [1.54, 1.807) is 13.2 Å². The number of ether oxygens (including phenoxy) is 3. The lowest BCUT2D eigenvalue weighted by atomic mass is 9.71. The summed E-state index contributed by atoms with van der Waals surface area (Å²) in [4.78, 5) is 29.2. The minimum atomic E-state index is -0.431. The van der Waals surface area contributed by atoms with Crippen LogP contribution in [0, 0.1) is 9.39 Å². The van der Waals surface area contributed by atoms with E-state index in [0.717, 1.165) is 57.4 Å². The molecule has 3 aliphatic rings. The van der Waals surface area contributed by atoms with E-state index in [-0.39, 0.29) is 24.0 Å². The SMILES string of the molecule is CCOc1cc(C2C3=C(CCCC3=O)N(CCOC)C3=C2C(=O)CCC3)cc(I)c1OCc1cccc(F)c1. The molecule has 0 radical (unpaired) electrons. The molecule has 6 nitrogen and oxygen atoms in total. The van der Waals surface area contributed by atoms with Gasteiger partial charge in [0.05, 0.1) is 16.8 Å². The first-order valence-corrected chi connectivity index (χ1v) is 14.6. The number of carbonyl (C=O) groups is 2. The van der Waals surface area contributed by atoms with Crippen molar-refractivity contribution in [1.29, 1.82) is 0 Å². The van der Waals surface area contributed by atoms with E-state index in [1.165, 1.54) is 12.1 Å². The molecule has 206 valence electrons. The van der Waals surface area contributed by atoms with Crippen molar-refractivity contribution >= 4 is 34.2 Å². The molecule has 0 unspecified atom stereocenters. The van der Waals surface area contributed by atoms with Gasteiger partial charge >= 0.3 is 0 Å². The highest BCUT2D eigenvalue weighted by Gasteiger charge is 2.43. The van der Waals surface area contributed by atoms with Gasteiger partial charge in [-0.2, -0.15) is 0 Å². The van der Waals surface area contributed by atoms with Crippen molar-refractivity contribution in [2.75, 3.05) is 26.9 Å². The molecule has 8 heteroatoms. The van der Waals surface area contributed by atoms with Gasteiger partial charge in [0.2, 0.25) is 0 Å². The van der Waals surface area contributed by atoms with Crippen LogP contribution in [0.25, 0.3) is 0 Å². The Bertz CT molecular complexity index is 1310. The van der Waals surface area contributed by atoms with Crippen LogP contribution in [-0.2, 0) is 20.9 Å². The van der Waals surface area contributed by atoms with Crippen LogP contribution in [-0.4, -0.2) is 43.3 Å². The highest BCUT2D eigenvalue weighted by atomic mass is 127. The lowest BCUT2D eigenvalue weighted by Gasteiger charge is -2.44. The van der Waals surface area contributed by atoms with Gasteiger partial charge in [-0.1, -0.05) is 12.1 Å². The topological polar surface area (TPSA) is 65.1 Å². The summed E-state index contributed by atoms with van der Waals surface area (Å²) >= 11 is 2.22. The zero-order valence-corrected chi connectivity index (χ0v) is 24.5. The number of methoxy groups -OCH3 is 1. The van der Waals surface area contributed by atoms with Crippen molar-refractivity contribution in [3.63, 3.8) is 0 Å². The molecule has 1 heterocycles. The molecule has 0 N–H and O–H groups in total. The summed E-state index contributed by atoms with van der Waals surface area (Å²) in [5.41, 5.74) is 5.10. The van der Waals surface area contributed by atoms with Crippen LogP contribution in [0.1, 0.15) is 62.5 Å². The Hall–Kier alpha value is -2.72. The predicted octanol–water partition coefficient (Wildman–Crippen LogP) is 6.47. The average Bonchev–Trinajstić information content (AvgIpc) is 2.91. The normalized spacial score (nSPS) is 17.9. The second kappa shape index (κ2) is 12.2. The molecule has 5 rings (SSSR count). The fraction of sp³-hybridized carbons (Fsp3) is 0.419. The number of carbonyl (C=O) groups excluding carboxylic acids is 2. The monoisotopic (exact) mass is 645 g/mol. The molecule has 0 saturated carbocycles.